The van der Waals surface area contributed by atoms with Gasteiger partial charge in [-0.1, -0.05) is 51.7 Å². The van der Waals surface area contributed by atoms with Crippen molar-refractivity contribution in [3.05, 3.63) is 23.2 Å². The van der Waals surface area contributed by atoms with E-state index in [1.807, 2.05) is 6.92 Å². The number of hydrogen-bond acceptors (Lipinski definition) is 8. The Kier molecular flexibility index (Phi) is 8.28. The number of nitriles is 1. The second kappa shape index (κ2) is 10.4. The number of nitrogens with zero attached hydrogens (tertiary/aromatic N) is 2. The van der Waals surface area contributed by atoms with Crippen LogP contribution in [0.25, 0.3) is 0 Å². The molecule has 2 aliphatic rings. The SMILES string of the molecule is CC(C)[C@@H]1CSC(=S)N1C(=O)C[C@H](O)c1coc(CC2(C)OCC(C)(C)CO2)c1CCC#N. The number of carbonyl (C=O) groups excluding carboxylic acids is 1. The van der Waals surface area contributed by atoms with Gasteiger partial charge < -0.3 is 19.0 Å². The van der Waals surface area contributed by atoms with E-state index in [-0.39, 0.29) is 36.1 Å². The van der Waals surface area contributed by atoms with Crippen molar-refractivity contribution < 1.29 is 23.8 Å². The topological polar surface area (TPSA) is 95.9 Å². The molecule has 2 atom stereocenters. The Morgan fingerprint density at radius 2 is 2.03 bits per heavy atom. The third kappa shape index (κ3) is 6.17. The zero-order valence-corrected chi connectivity index (χ0v) is 21.7. The Bertz CT molecular complexity index is 910. The fourth-order valence-corrected chi connectivity index (χ4v) is 5.76. The number of aliphatic hydroxyl groups excluding tert-OH is 1. The summed E-state index contributed by atoms with van der Waals surface area (Å²) in [5.41, 5.74) is 1.22. The van der Waals surface area contributed by atoms with Gasteiger partial charge in [-0.3, -0.25) is 9.69 Å². The number of ether oxygens (including phenoxy) is 2. The van der Waals surface area contributed by atoms with Gasteiger partial charge in [0.15, 0.2) is 5.79 Å². The van der Waals surface area contributed by atoms with Gasteiger partial charge in [0.05, 0.1) is 44.5 Å². The summed E-state index contributed by atoms with van der Waals surface area (Å²) in [6.45, 7) is 11.3. The minimum atomic E-state index is -1.05. The molecular weight excluding hydrogens is 460 g/mol. The van der Waals surface area contributed by atoms with Crippen LogP contribution < -0.4 is 0 Å². The summed E-state index contributed by atoms with van der Waals surface area (Å²) in [7, 11) is 0. The lowest BCUT2D eigenvalue weighted by Crippen LogP contribution is -2.47. The second-order valence-corrected chi connectivity index (χ2v) is 11.8. The van der Waals surface area contributed by atoms with Gasteiger partial charge >= 0.3 is 0 Å². The average molecular weight is 495 g/mol. The van der Waals surface area contributed by atoms with Crippen LogP contribution in [-0.2, 0) is 27.1 Å². The minimum Gasteiger partial charge on any atom is -0.468 e. The number of amides is 1. The first-order valence-corrected chi connectivity index (χ1v) is 12.8. The standard InChI is InChI=1S/C24H34N2O5S2/c1-15(2)18-12-33-22(32)26(18)21(28)9-19(27)17-11-29-20(16(17)7-6-8-25)10-24(5)30-13-23(3,4)14-31-24/h11,15,18-19,27H,6-7,9-10,12-14H2,1-5H3/t18-,19-/m0/s1. The number of aliphatic hydroxyl groups is 1. The van der Waals surface area contributed by atoms with Gasteiger partial charge in [-0.15, -0.1) is 0 Å². The maximum absolute atomic E-state index is 13.1. The van der Waals surface area contributed by atoms with Gasteiger partial charge in [0.1, 0.15) is 10.1 Å². The lowest BCUT2D eigenvalue weighted by atomic mass is 9.93. The van der Waals surface area contributed by atoms with E-state index in [4.69, 9.17) is 31.4 Å². The first kappa shape index (κ1) is 26.2. The highest BCUT2D eigenvalue weighted by atomic mass is 32.2. The van der Waals surface area contributed by atoms with Gasteiger partial charge in [-0.2, -0.15) is 5.26 Å². The molecule has 2 saturated heterocycles. The predicted molar refractivity (Wildman–Crippen MR) is 131 cm³/mol. The van der Waals surface area contributed by atoms with Crippen molar-refractivity contribution in [1.82, 2.24) is 4.90 Å². The number of carbonyl (C=O) groups is 1. The normalized spacial score (nSPS) is 23.0. The highest BCUT2D eigenvalue weighted by Gasteiger charge is 2.40. The van der Waals surface area contributed by atoms with Crippen LogP contribution in [0.2, 0.25) is 0 Å². The van der Waals surface area contributed by atoms with Crippen LogP contribution in [0.1, 0.15) is 70.5 Å². The highest BCUT2D eigenvalue weighted by Crippen LogP contribution is 2.36. The Morgan fingerprint density at radius 3 is 2.64 bits per heavy atom. The van der Waals surface area contributed by atoms with Crippen LogP contribution in [-0.4, -0.2) is 51.0 Å². The third-order valence-electron chi connectivity index (χ3n) is 6.19. The number of hydrogen-bond donors (Lipinski definition) is 1. The second-order valence-electron chi connectivity index (χ2n) is 10.2. The zero-order chi connectivity index (χ0) is 24.4. The molecule has 0 unspecified atom stereocenters. The maximum Gasteiger partial charge on any atom is 0.231 e. The van der Waals surface area contributed by atoms with E-state index in [1.165, 1.54) is 18.0 Å². The van der Waals surface area contributed by atoms with Crippen LogP contribution in [0.15, 0.2) is 10.7 Å². The van der Waals surface area contributed by atoms with Crippen molar-refractivity contribution in [3.63, 3.8) is 0 Å². The smallest absolute Gasteiger partial charge is 0.231 e. The van der Waals surface area contributed by atoms with Crippen molar-refractivity contribution in [2.75, 3.05) is 19.0 Å². The molecule has 2 aliphatic heterocycles. The van der Waals surface area contributed by atoms with E-state index in [0.29, 0.717) is 41.7 Å². The molecule has 0 radical (unpaired) electrons. The summed E-state index contributed by atoms with van der Waals surface area (Å²) < 4.78 is 18.4. The van der Waals surface area contributed by atoms with Crippen LogP contribution in [0, 0.1) is 22.7 Å². The number of thiocarbonyl (C=S) groups is 1. The molecular formula is C24H34N2O5S2. The molecule has 0 aromatic carbocycles. The quantitative estimate of drug-likeness (QED) is 0.532. The van der Waals surface area contributed by atoms with E-state index in [9.17, 15) is 9.90 Å². The molecule has 0 bridgehead atoms. The van der Waals surface area contributed by atoms with Crippen LogP contribution >= 0.6 is 24.0 Å². The van der Waals surface area contributed by atoms with E-state index >= 15 is 0 Å². The Labute approximate surface area is 205 Å². The largest absolute Gasteiger partial charge is 0.468 e. The van der Waals surface area contributed by atoms with E-state index in [2.05, 4.69) is 33.8 Å². The minimum absolute atomic E-state index is 0.0324. The lowest BCUT2D eigenvalue weighted by Gasteiger charge is -2.41. The Balaban J connectivity index is 1.77. The Morgan fingerprint density at radius 1 is 1.36 bits per heavy atom. The van der Waals surface area contributed by atoms with Crippen molar-refractivity contribution >= 4 is 34.2 Å². The predicted octanol–water partition coefficient (Wildman–Crippen LogP) is 4.38. The molecule has 0 saturated carbocycles. The van der Waals surface area contributed by atoms with Gasteiger partial charge in [-0.05, 0) is 19.3 Å². The van der Waals surface area contributed by atoms with Crippen molar-refractivity contribution in [2.45, 2.75) is 78.2 Å². The van der Waals surface area contributed by atoms with Crippen LogP contribution in [0.5, 0.6) is 0 Å². The van der Waals surface area contributed by atoms with Gasteiger partial charge in [0.25, 0.3) is 0 Å². The number of rotatable bonds is 8. The number of furan rings is 1. The van der Waals surface area contributed by atoms with E-state index < -0.39 is 11.9 Å². The van der Waals surface area contributed by atoms with Crippen molar-refractivity contribution in [1.29, 1.82) is 5.26 Å². The highest BCUT2D eigenvalue weighted by molar-refractivity contribution is 8.23. The fourth-order valence-electron chi connectivity index (χ4n) is 4.09. The fraction of sp³-hybridized carbons (Fsp3) is 0.708. The van der Waals surface area contributed by atoms with Gasteiger partial charge in [0.2, 0.25) is 5.91 Å². The molecule has 9 heteroatoms. The van der Waals surface area contributed by atoms with Crippen molar-refractivity contribution in [2.24, 2.45) is 11.3 Å². The van der Waals surface area contributed by atoms with E-state index in [0.717, 1.165) is 11.3 Å². The van der Waals surface area contributed by atoms with Crippen molar-refractivity contribution in [3.8, 4) is 6.07 Å². The van der Waals surface area contributed by atoms with Gasteiger partial charge in [0, 0.05) is 34.8 Å². The molecule has 33 heavy (non-hydrogen) atoms. The first-order chi connectivity index (χ1) is 15.5. The molecule has 0 aliphatic carbocycles. The zero-order valence-electron chi connectivity index (χ0n) is 20.1. The summed E-state index contributed by atoms with van der Waals surface area (Å²) in [5.74, 6) is 0.610. The van der Waals surface area contributed by atoms with E-state index in [1.54, 1.807) is 4.90 Å². The molecule has 7 nitrogen and oxygen atoms in total. The average Bonchev–Trinajstić information content (AvgIpc) is 3.32. The summed E-state index contributed by atoms with van der Waals surface area (Å²) in [6, 6.07) is 2.18. The molecule has 1 N–H and O–H groups in total. The summed E-state index contributed by atoms with van der Waals surface area (Å²) in [6.07, 6.45) is 1.39. The molecule has 3 heterocycles. The molecule has 1 amide bonds. The summed E-state index contributed by atoms with van der Waals surface area (Å²) in [5, 5.41) is 20.1. The molecule has 1 aromatic heterocycles. The monoisotopic (exact) mass is 494 g/mol. The first-order valence-electron chi connectivity index (χ1n) is 11.4. The molecule has 182 valence electrons. The van der Waals surface area contributed by atoms with Gasteiger partial charge in [-0.25, -0.2) is 0 Å². The molecule has 3 rings (SSSR count). The summed E-state index contributed by atoms with van der Waals surface area (Å²) >= 11 is 6.90. The maximum atomic E-state index is 13.1. The summed E-state index contributed by atoms with van der Waals surface area (Å²) in [4.78, 5) is 14.7. The molecule has 2 fully saturated rings. The molecule has 1 aromatic rings. The van der Waals surface area contributed by atoms with Crippen LogP contribution in [0.3, 0.4) is 0 Å². The number of thioether (sulfide) groups is 1. The molecule has 0 spiro atoms. The Hall–Kier alpha value is -1.44. The lowest BCUT2D eigenvalue weighted by molar-refractivity contribution is -0.289. The van der Waals surface area contributed by atoms with Crippen LogP contribution in [0.4, 0.5) is 0 Å². The third-order valence-corrected chi connectivity index (χ3v) is 7.69.